The molecule has 0 spiro atoms. The maximum Gasteiger partial charge on any atom is 0.134 e. The van der Waals surface area contributed by atoms with Crippen molar-refractivity contribution < 1.29 is 0 Å². The van der Waals surface area contributed by atoms with Crippen LogP contribution < -0.4 is 10.6 Å². The van der Waals surface area contributed by atoms with Gasteiger partial charge in [0.15, 0.2) is 0 Å². The number of hydrogen-bond acceptors (Lipinski definition) is 5. The smallest absolute Gasteiger partial charge is 0.134 e. The standard InChI is InChI=1S/C20H30N6/c1-12-17(13(2)25-24-12)5-4-8-26(3)19-11-18(15-9-16(21)10-15)22-20(23-19)14-6-7-14/h11,14-16H,4-10,21H2,1-3H3,(H,24,25). The summed E-state index contributed by atoms with van der Waals surface area (Å²) in [6, 6.07) is 2.54. The first-order valence-electron chi connectivity index (χ1n) is 9.87. The van der Waals surface area contributed by atoms with Crippen molar-refractivity contribution in [2.24, 2.45) is 5.73 Å². The van der Waals surface area contributed by atoms with Gasteiger partial charge in [-0.25, -0.2) is 9.97 Å². The fourth-order valence-corrected chi connectivity index (χ4v) is 3.85. The van der Waals surface area contributed by atoms with E-state index in [4.69, 9.17) is 15.7 Å². The summed E-state index contributed by atoms with van der Waals surface area (Å²) in [5.41, 5.74) is 10.8. The molecule has 0 aromatic carbocycles. The largest absolute Gasteiger partial charge is 0.360 e. The molecular formula is C20H30N6. The Morgan fingerprint density at radius 2 is 1.96 bits per heavy atom. The van der Waals surface area contributed by atoms with Crippen LogP contribution in [0.2, 0.25) is 0 Å². The van der Waals surface area contributed by atoms with E-state index >= 15 is 0 Å². The number of rotatable bonds is 7. The van der Waals surface area contributed by atoms with Gasteiger partial charge in [-0.2, -0.15) is 5.10 Å². The molecule has 0 aliphatic heterocycles. The van der Waals surface area contributed by atoms with Gasteiger partial charge in [-0.05, 0) is 57.9 Å². The first-order chi connectivity index (χ1) is 12.5. The molecule has 2 aliphatic rings. The summed E-state index contributed by atoms with van der Waals surface area (Å²) in [6.45, 7) is 5.15. The molecule has 2 saturated carbocycles. The third kappa shape index (κ3) is 3.61. The van der Waals surface area contributed by atoms with Crippen molar-refractivity contribution >= 4 is 5.82 Å². The maximum atomic E-state index is 5.99. The number of aromatic amines is 1. The molecule has 4 rings (SSSR count). The lowest BCUT2D eigenvalue weighted by atomic mass is 9.78. The van der Waals surface area contributed by atoms with E-state index in [1.54, 1.807) is 0 Å². The molecule has 0 atom stereocenters. The molecule has 26 heavy (non-hydrogen) atoms. The van der Waals surface area contributed by atoms with E-state index < -0.39 is 0 Å². The van der Waals surface area contributed by atoms with Crippen molar-refractivity contribution in [1.82, 2.24) is 20.2 Å². The Balaban J connectivity index is 1.43. The number of nitrogens with one attached hydrogen (secondary N) is 1. The van der Waals surface area contributed by atoms with E-state index in [1.807, 2.05) is 0 Å². The van der Waals surface area contributed by atoms with Crippen LogP contribution in [0.1, 0.15) is 72.4 Å². The molecule has 0 bridgehead atoms. The average Bonchev–Trinajstić information content (AvgIpc) is 3.40. The van der Waals surface area contributed by atoms with Gasteiger partial charge in [-0.3, -0.25) is 5.10 Å². The first-order valence-corrected chi connectivity index (χ1v) is 9.87. The van der Waals surface area contributed by atoms with Gasteiger partial charge in [0.25, 0.3) is 0 Å². The normalized spacial score (nSPS) is 22.3. The summed E-state index contributed by atoms with van der Waals surface area (Å²) >= 11 is 0. The van der Waals surface area contributed by atoms with E-state index in [2.05, 4.69) is 42.1 Å². The molecule has 0 radical (unpaired) electrons. The number of anilines is 1. The zero-order valence-electron chi connectivity index (χ0n) is 16.1. The first kappa shape index (κ1) is 17.5. The Labute approximate surface area is 155 Å². The van der Waals surface area contributed by atoms with Gasteiger partial charge in [-0.15, -0.1) is 0 Å². The van der Waals surface area contributed by atoms with Crippen LogP contribution in [-0.2, 0) is 6.42 Å². The van der Waals surface area contributed by atoms with Gasteiger partial charge in [-0.1, -0.05) is 0 Å². The minimum Gasteiger partial charge on any atom is -0.360 e. The zero-order valence-corrected chi connectivity index (χ0v) is 16.1. The summed E-state index contributed by atoms with van der Waals surface area (Å²) in [7, 11) is 2.14. The van der Waals surface area contributed by atoms with Crippen LogP contribution in [0.4, 0.5) is 5.82 Å². The number of hydrogen-bond donors (Lipinski definition) is 2. The highest BCUT2D eigenvalue weighted by molar-refractivity contribution is 5.41. The molecule has 6 nitrogen and oxygen atoms in total. The van der Waals surface area contributed by atoms with Crippen molar-refractivity contribution in [3.63, 3.8) is 0 Å². The molecular weight excluding hydrogens is 324 g/mol. The summed E-state index contributed by atoms with van der Waals surface area (Å²) in [5, 5.41) is 7.37. The van der Waals surface area contributed by atoms with Crippen LogP contribution in [-0.4, -0.2) is 39.8 Å². The number of aryl methyl sites for hydroxylation is 2. The Hall–Kier alpha value is -1.95. The van der Waals surface area contributed by atoms with Gasteiger partial charge >= 0.3 is 0 Å². The number of aromatic nitrogens is 4. The van der Waals surface area contributed by atoms with E-state index in [-0.39, 0.29) is 0 Å². The molecule has 2 heterocycles. The topological polar surface area (TPSA) is 83.7 Å². The van der Waals surface area contributed by atoms with Crippen molar-refractivity contribution in [3.8, 4) is 0 Å². The zero-order chi connectivity index (χ0) is 18.3. The predicted octanol–water partition coefficient (Wildman–Crippen LogP) is 2.97. The second kappa shape index (κ2) is 6.99. The summed E-state index contributed by atoms with van der Waals surface area (Å²) in [6.07, 6.45) is 6.71. The average molecular weight is 355 g/mol. The molecule has 3 N–H and O–H groups in total. The Kier molecular flexibility index (Phi) is 4.69. The quantitative estimate of drug-likeness (QED) is 0.798. The fourth-order valence-electron chi connectivity index (χ4n) is 3.85. The second-order valence-electron chi connectivity index (χ2n) is 8.15. The van der Waals surface area contributed by atoms with Gasteiger partial charge in [0, 0.05) is 48.9 Å². The highest BCUT2D eigenvalue weighted by Gasteiger charge is 2.32. The van der Waals surface area contributed by atoms with Crippen molar-refractivity contribution in [2.45, 2.75) is 70.3 Å². The van der Waals surface area contributed by atoms with Gasteiger partial charge < -0.3 is 10.6 Å². The maximum absolute atomic E-state index is 5.99. The highest BCUT2D eigenvalue weighted by atomic mass is 15.2. The summed E-state index contributed by atoms with van der Waals surface area (Å²) in [5.74, 6) is 3.21. The molecule has 2 aromatic rings. The van der Waals surface area contributed by atoms with Gasteiger partial charge in [0.2, 0.25) is 0 Å². The van der Waals surface area contributed by atoms with Crippen LogP contribution in [0.5, 0.6) is 0 Å². The fraction of sp³-hybridized carbons (Fsp3) is 0.650. The number of nitrogens with zero attached hydrogens (tertiary/aromatic N) is 4. The molecule has 2 aromatic heterocycles. The van der Waals surface area contributed by atoms with E-state index in [1.165, 1.54) is 29.8 Å². The Morgan fingerprint density at radius 3 is 2.58 bits per heavy atom. The molecule has 2 aliphatic carbocycles. The summed E-state index contributed by atoms with van der Waals surface area (Å²) < 4.78 is 0. The predicted molar refractivity (Wildman–Crippen MR) is 104 cm³/mol. The molecule has 140 valence electrons. The van der Waals surface area contributed by atoms with Crippen LogP contribution in [0, 0.1) is 13.8 Å². The van der Waals surface area contributed by atoms with Crippen LogP contribution in [0.3, 0.4) is 0 Å². The number of H-pyrrole nitrogens is 1. The molecule has 0 unspecified atom stereocenters. The van der Waals surface area contributed by atoms with Crippen molar-refractivity contribution in [1.29, 1.82) is 0 Å². The van der Waals surface area contributed by atoms with Crippen LogP contribution >= 0.6 is 0 Å². The highest BCUT2D eigenvalue weighted by Crippen LogP contribution is 2.41. The lowest BCUT2D eigenvalue weighted by molar-refractivity contribution is 0.344. The Bertz CT molecular complexity index is 753. The monoisotopic (exact) mass is 354 g/mol. The SMILES string of the molecule is Cc1n[nH]c(C)c1CCCN(C)c1cc(C2CC(N)C2)nc(C2CC2)n1. The van der Waals surface area contributed by atoms with E-state index in [9.17, 15) is 0 Å². The van der Waals surface area contributed by atoms with Gasteiger partial charge in [0.05, 0.1) is 5.69 Å². The van der Waals surface area contributed by atoms with E-state index in [0.717, 1.165) is 49.6 Å². The van der Waals surface area contributed by atoms with Crippen molar-refractivity contribution in [2.75, 3.05) is 18.5 Å². The minimum absolute atomic E-state index is 0.349. The van der Waals surface area contributed by atoms with Crippen molar-refractivity contribution in [3.05, 3.63) is 34.5 Å². The Morgan fingerprint density at radius 1 is 1.19 bits per heavy atom. The third-order valence-corrected chi connectivity index (χ3v) is 5.88. The lowest BCUT2D eigenvalue weighted by Crippen LogP contribution is -2.35. The number of nitrogens with two attached hydrogens (primary N) is 1. The molecule has 0 amide bonds. The second-order valence-corrected chi connectivity index (χ2v) is 8.15. The van der Waals surface area contributed by atoms with E-state index in [0.29, 0.717) is 17.9 Å². The van der Waals surface area contributed by atoms with Gasteiger partial charge in [0.1, 0.15) is 11.6 Å². The lowest BCUT2D eigenvalue weighted by Gasteiger charge is -2.32. The third-order valence-electron chi connectivity index (χ3n) is 5.88. The molecule has 0 saturated heterocycles. The van der Waals surface area contributed by atoms with Crippen LogP contribution in [0.15, 0.2) is 6.07 Å². The molecule has 6 heteroatoms. The minimum atomic E-state index is 0.349. The molecule has 2 fully saturated rings. The van der Waals surface area contributed by atoms with Crippen LogP contribution in [0.25, 0.3) is 0 Å². The summed E-state index contributed by atoms with van der Waals surface area (Å²) in [4.78, 5) is 12.0.